The van der Waals surface area contributed by atoms with Crippen molar-refractivity contribution in [2.24, 2.45) is 0 Å². The van der Waals surface area contributed by atoms with E-state index in [0.29, 0.717) is 43.2 Å². The third kappa shape index (κ3) is 5.15. The van der Waals surface area contributed by atoms with Gasteiger partial charge in [0.25, 0.3) is 5.91 Å². The second kappa shape index (κ2) is 10.6. The topological polar surface area (TPSA) is 71.9 Å². The van der Waals surface area contributed by atoms with E-state index in [1.54, 1.807) is 23.1 Å². The van der Waals surface area contributed by atoms with E-state index in [9.17, 15) is 18.0 Å². The van der Waals surface area contributed by atoms with Crippen LogP contribution in [-0.4, -0.2) is 72.1 Å². The van der Waals surface area contributed by atoms with E-state index in [2.05, 4.69) is 27.4 Å². The lowest BCUT2D eigenvalue weighted by Crippen LogP contribution is -2.48. The minimum atomic E-state index is -4.54. The van der Waals surface area contributed by atoms with Gasteiger partial charge in [-0.3, -0.25) is 9.69 Å². The third-order valence-corrected chi connectivity index (χ3v) is 7.19. The lowest BCUT2D eigenvalue weighted by molar-refractivity contribution is -0.173. The molecule has 1 aromatic heterocycles. The number of carbonyl (C=O) groups excluding carboxylic acids is 1. The first kappa shape index (κ1) is 25.9. The quantitative estimate of drug-likeness (QED) is 0.507. The van der Waals surface area contributed by atoms with Gasteiger partial charge in [-0.15, -0.1) is 0 Å². The van der Waals surface area contributed by atoms with Gasteiger partial charge in [0.15, 0.2) is 17.5 Å². The number of amides is 1. The second-order valence-electron chi connectivity index (χ2n) is 9.51. The molecule has 3 aromatic rings. The largest absolute Gasteiger partial charge is 0.493 e. The van der Waals surface area contributed by atoms with Gasteiger partial charge < -0.3 is 19.7 Å². The normalized spacial score (nSPS) is 20.0. The Kier molecular flexibility index (Phi) is 7.20. The van der Waals surface area contributed by atoms with Crippen molar-refractivity contribution < 1.29 is 27.4 Å². The fraction of sp³-hybridized carbons (Fsp3) is 0.407. The van der Waals surface area contributed by atoms with E-state index in [4.69, 9.17) is 9.47 Å². The maximum absolute atomic E-state index is 14.1. The molecule has 202 valence electrons. The van der Waals surface area contributed by atoms with Crippen molar-refractivity contribution >= 4 is 11.7 Å². The van der Waals surface area contributed by atoms with Gasteiger partial charge in [-0.2, -0.15) is 18.3 Å². The lowest BCUT2D eigenvalue weighted by Gasteiger charge is -2.36. The highest BCUT2D eigenvalue weighted by Gasteiger charge is 2.47. The van der Waals surface area contributed by atoms with Crippen LogP contribution >= 0.6 is 0 Å². The van der Waals surface area contributed by atoms with E-state index < -0.39 is 18.3 Å². The zero-order chi connectivity index (χ0) is 26.9. The number of anilines is 1. The molecule has 0 aliphatic carbocycles. The smallest absolute Gasteiger partial charge is 0.410 e. The lowest BCUT2D eigenvalue weighted by atomic mass is 9.96. The minimum Gasteiger partial charge on any atom is -0.493 e. The molecule has 2 aliphatic heterocycles. The number of halogens is 3. The maximum atomic E-state index is 14.1. The van der Waals surface area contributed by atoms with Crippen LogP contribution < -0.4 is 14.8 Å². The number of benzene rings is 2. The van der Waals surface area contributed by atoms with Crippen LogP contribution in [0.3, 0.4) is 0 Å². The number of piperazine rings is 1. The van der Waals surface area contributed by atoms with Crippen LogP contribution in [-0.2, 0) is 6.54 Å². The van der Waals surface area contributed by atoms with Crippen LogP contribution in [0.1, 0.15) is 40.0 Å². The Balaban J connectivity index is 1.36. The molecule has 0 radical (unpaired) electrons. The fourth-order valence-corrected chi connectivity index (χ4v) is 5.13. The monoisotopic (exact) mass is 529 g/mol. The van der Waals surface area contributed by atoms with E-state index >= 15 is 0 Å². The summed E-state index contributed by atoms with van der Waals surface area (Å²) < 4.78 is 53.9. The average Bonchev–Trinajstić information content (AvgIpc) is 3.36. The van der Waals surface area contributed by atoms with E-state index in [1.807, 2.05) is 18.2 Å². The number of alkyl halides is 3. The molecule has 1 N–H and O–H groups in total. The summed E-state index contributed by atoms with van der Waals surface area (Å²) in [5, 5.41) is 7.17. The molecule has 0 bridgehead atoms. The molecule has 2 aromatic carbocycles. The Bertz CT molecular complexity index is 1270. The van der Waals surface area contributed by atoms with E-state index in [-0.39, 0.29) is 23.7 Å². The first-order valence-corrected chi connectivity index (χ1v) is 12.5. The zero-order valence-corrected chi connectivity index (χ0v) is 21.2. The van der Waals surface area contributed by atoms with Gasteiger partial charge in [0, 0.05) is 39.1 Å². The molecule has 0 saturated carbocycles. The van der Waals surface area contributed by atoms with Gasteiger partial charge in [-0.1, -0.05) is 36.4 Å². The molecule has 5 rings (SSSR count). The van der Waals surface area contributed by atoms with E-state index in [1.165, 1.54) is 26.0 Å². The molecule has 3 heterocycles. The maximum Gasteiger partial charge on any atom is 0.410 e. The average molecular weight is 530 g/mol. The number of methoxy groups -OCH3 is 2. The summed E-state index contributed by atoms with van der Waals surface area (Å²) in [6.07, 6.45) is -3.57. The Morgan fingerprint density at radius 1 is 1.03 bits per heavy atom. The number of hydrogen-bond acceptors (Lipinski definition) is 6. The van der Waals surface area contributed by atoms with Crippen molar-refractivity contribution in [2.45, 2.75) is 31.2 Å². The molecule has 0 unspecified atom stereocenters. The number of rotatable bonds is 6. The van der Waals surface area contributed by atoms with Gasteiger partial charge in [-0.25, -0.2) is 4.68 Å². The Morgan fingerprint density at radius 2 is 1.74 bits per heavy atom. The summed E-state index contributed by atoms with van der Waals surface area (Å²) >= 11 is 0. The van der Waals surface area contributed by atoms with Crippen LogP contribution in [0.25, 0.3) is 0 Å². The Hall–Kier alpha value is -3.73. The number of fused-ring (bicyclic) bond motifs is 1. The SMILES string of the molecule is COc1ccc([C@@H]2C[C@@H](C(F)(F)F)n3ncc(C(=O)N4CCN(Cc5ccccc5)CC4)c3N2)cc1OC. The number of nitrogens with one attached hydrogen (secondary N) is 1. The summed E-state index contributed by atoms with van der Waals surface area (Å²) in [5.41, 5.74) is 1.93. The molecule has 38 heavy (non-hydrogen) atoms. The predicted molar refractivity (Wildman–Crippen MR) is 135 cm³/mol. The molecule has 11 heteroatoms. The van der Waals surface area contributed by atoms with Crippen LogP contribution in [0, 0.1) is 0 Å². The highest BCUT2D eigenvalue weighted by atomic mass is 19.4. The molecular weight excluding hydrogens is 499 g/mol. The molecule has 1 saturated heterocycles. The van der Waals surface area contributed by atoms with Gasteiger partial charge in [0.2, 0.25) is 0 Å². The van der Waals surface area contributed by atoms with Gasteiger partial charge in [-0.05, 0) is 23.3 Å². The number of ether oxygens (including phenoxy) is 2. The first-order valence-electron chi connectivity index (χ1n) is 12.5. The summed E-state index contributed by atoms with van der Waals surface area (Å²) in [6, 6.07) is 12.5. The van der Waals surface area contributed by atoms with Crippen LogP contribution in [0.2, 0.25) is 0 Å². The fourth-order valence-electron chi connectivity index (χ4n) is 5.13. The summed E-state index contributed by atoms with van der Waals surface area (Å²) in [7, 11) is 2.97. The van der Waals surface area contributed by atoms with Gasteiger partial charge in [0.1, 0.15) is 11.4 Å². The van der Waals surface area contributed by atoms with Gasteiger partial charge >= 0.3 is 6.18 Å². The summed E-state index contributed by atoms with van der Waals surface area (Å²) in [5.74, 6) is 0.646. The number of carbonyl (C=O) groups is 1. The predicted octanol–water partition coefficient (Wildman–Crippen LogP) is 4.52. The Morgan fingerprint density at radius 3 is 2.39 bits per heavy atom. The number of hydrogen-bond donors (Lipinski definition) is 1. The van der Waals surface area contributed by atoms with Crippen molar-refractivity contribution in [2.75, 3.05) is 45.7 Å². The molecule has 2 atom stereocenters. The van der Waals surface area contributed by atoms with Crippen molar-refractivity contribution in [3.8, 4) is 11.5 Å². The van der Waals surface area contributed by atoms with Crippen molar-refractivity contribution in [1.82, 2.24) is 19.6 Å². The first-order chi connectivity index (χ1) is 18.3. The van der Waals surface area contributed by atoms with E-state index in [0.717, 1.165) is 11.2 Å². The minimum absolute atomic E-state index is 0.0788. The van der Waals surface area contributed by atoms with Crippen LogP contribution in [0.4, 0.5) is 19.0 Å². The van der Waals surface area contributed by atoms with Crippen LogP contribution in [0.5, 0.6) is 11.5 Å². The number of aromatic nitrogens is 2. The highest BCUT2D eigenvalue weighted by Crippen LogP contribution is 2.45. The second-order valence-corrected chi connectivity index (χ2v) is 9.51. The Labute approximate surface area is 218 Å². The van der Waals surface area contributed by atoms with Crippen molar-refractivity contribution in [1.29, 1.82) is 0 Å². The molecule has 1 fully saturated rings. The zero-order valence-electron chi connectivity index (χ0n) is 21.2. The third-order valence-electron chi connectivity index (χ3n) is 7.19. The number of nitrogens with zero attached hydrogens (tertiary/aromatic N) is 4. The molecule has 1 amide bonds. The molecular formula is C27H30F3N5O3. The summed E-state index contributed by atoms with van der Waals surface area (Å²) in [4.78, 5) is 17.4. The summed E-state index contributed by atoms with van der Waals surface area (Å²) in [6.45, 7) is 3.11. The molecule has 8 nitrogen and oxygen atoms in total. The van der Waals surface area contributed by atoms with Crippen molar-refractivity contribution in [3.63, 3.8) is 0 Å². The van der Waals surface area contributed by atoms with Gasteiger partial charge in [0.05, 0.1) is 26.5 Å². The highest BCUT2D eigenvalue weighted by molar-refractivity contribution is 5.99. The van der Waals surface area contributed by atoms with Crippen molar-refractivity contribution in [3.05, 3.63) is 71.4 Å². The molecule has 2 aliphatic rings. The molecule has 0 spiro atoms. The standard InChI is InChI=1S/C27H30F3N5O3/c1-37-22-9-8-19(14-23(22)38-2)21-15-24(27(28,29)30)35-25(32-21)20(16-31-35)26(36)34-12-10-33(11-13-34)17-18-6-4-3-5-7-18/h3-9,14,16,21,24,32H,10-13,15,17H2,1-2H3/t21-,24-/m0/s1. The van der Waals surface area contributed by atoms with Crippen LogP contribution in [0.15, 0.2) is 54.7 Å².